The minimum atomic E-state index is -2.63. The summed E-state index contributed by atoms with van der Waals surface area (Å²) < 4.78 is 52.9. The van der Waals surface area contributed by atoms with Crippen LogP contribution in [0.1, 0.15) is 80.1 Å². The second-order valence-corrected chi connectivity index (χ2v) is 20.0. The molecule has 0 heterocycles. The molecule has 11 nitrogen and oxygen atoms in total. The van der Waals surface area contributed by atoms with E-state index in [1.165, 1.54) is 18.9 Å². The van der Waals surface area contributed by atoms with Crippen molar-refractivity contribution in [2.75, 3.05) is 74.1 Å². The second kappa shape index (κ2) is 27.5. The fourth-order valence-corrected chi connectivity index (χ4v) is 13.3. The first-order valence-corrected chi connectivity index (χ1v) is 23.6. The Morgan fingerprint density at radius 3 is 1.16 bits per heavy atom. The van der Waals surface area contributed by atoms with Crippen molar-refractivity contribution in [2.45, 2.75) is 110 Å². The van der Waals surface area contributed by atoms with Gasteiger partial charge in [0, 0.05) is 84.9 Å². The highest BCUT2D eigenvalue weighted by atomic mass is 28.4. The van der Waals surface area contributed by atoms with Gasteiger partial charge in [0.15, 0.2) is 0 Å². The van der Waals surface area contributed by atoms with Crippen molar-refractivity contribution in [1.29, 1.82) is 0 Å². The molecule has 2 N–H and O–H groups in total. The lowest BCUT2D eigenvalue weighted by atomic mass is 10.2. The first-order chi connectivity index (χ1) is 20.8. The molecule has 0 saturated carbocycles. The van der Waals surface area contributed by atoms with Gasteiger partial charge in [-0.3, -0.25) is 0 Å². The Bertz CT molecular complexity index is 552. The molecule has 0 aromatic rings. The quantitative estimate of drug-likeness (QED) is 0.0560. The van der Waals surface area contributed by atoms with Crippen LogP contribution in [-0.2, 0) is 39.8 Å². The average molecular weight is 687 g/mol. The fraction of sp³-hybridized carbons (Fsp3) is 1.00. The monoisotopic (exact) mass is 686 g/mol. The Kier molecular flexibility index (Phi) is 27.8. The zero-order valence-electron chi connectivity index (χ0n) is 29.0. The third-order valence-electron chi connectivity index (χ3n) is 6.89. The zero-order chi connectivity index (χ0) is 32.3. The van der Waals surface area contributed by atoms with E-state index in [2.05, 4.69) is 10.6 Å². The molecule has 2 radical (unpaired) electrons. The van der Waals surface area contributed by atoms with E-state index in [4.69, 9.17) is 39.8 Å². The van der Waals surface area contributed by atoms with Crippen LogP contribution in [0.4, 0.5) is 0 Å². The molecule has 43 heavy (non-hydrogen) atoms. The number of rotatable bonds is 33. The van der Waals surface area contributed by atoms with Gasteiger partial charge < -0.3 is 50.5 Å². The standard InChI is InChI=1S/C28H66N2O9Si4/c1-10-34-42(35-11-2,36-12-3)26-20-22-29-28(30-23-21-27-43(37-13-4,38-14-5)39-15-6)40-24-18-16-17-19-25-41(31-7,32-8)33-9/h28-30H,10-27H2,1-9H3. The van der Waals surface area contributed by atoms with E-state index in [0.717, 1.165) is 66.4 Å². The van der Waals surface area contributed by atoms with Crippen molar-refractivity contribution in [2.24, 2.45) is 0 Å². The highest BCUT2D eigenvalue weighted by Crippen LogP contribution is 2.20. The Morgan fingerprint density at radius 2 is 0.814 bits per heavy atom. The van der Waals surface area contributed by atoms with Crippen molar-refractivity contribution in [1.82, 2.24) is 10.6 Å². The third kappa shape index (κ3) is 19.0. The summed E-state index contributed by atoms with van der Waals surface area (Å²) in [7, 11) is -1.91. The molecule has 0 rings (SSSR count). The van der Waals surface area contributed by atoms with Gasteiger partial charge >= 0.3 is 26.4 Å². The highest BCUT2D eigenvalue weighted by Gasteiger charge is 2.40. The van der Waals surface area contributed by atoms with E-state index in [0.29, 0.717) is 39.6 Å². The Hall–Kier alpha value is 0.428. The van der Waals surface area contributed by atoms with Crippen molar-refractivity contribution < 1.29 is 39.8 Å². The van der Waals surface area contributed by atoms with Gasteiger partial charge in [0.05, 0.1) is 9.52 Å². The lowest BCUT2D eigenvalue weighted by Crippen LogP contribution is -2.50. The molecule has 0 atom stereocenters. The fourth-order valence-electron chi connectivity index (χ4n) is 4.94. The number of nitrogens with one attached hydrogen (secondary N) is 2. The minimum absolute atomic E-state index is 0.250. The summed E-state index contributed by atoms with van der Waals surface area (Å²) in [5.41, 5.74) is 0. The number of unbranched alkanes of at least 4 members (excludes halogenated alkanes) is 3. The predicted molar refractivity (Wildman–Crippen MR) is 181 cm³/mol. The largest absolute Gasteiger partial charge is 0.500 e. The molecular weight excluding hydrogens is 621 g/mol. The highest BCUT2D eigenvalue weighted by molar-refractivity contribution is 6.61. The van der Waals surface area contributed by atoms with Gasteiger partial charge in [0.25, 0.3) is 0 Å². The average Bonchev–Trinajstić information content (AvgIpc) is 2.99. The Morgan fingerprint density at radius 1 is 0.465 bits per heavy atom. The van der Waals surface area contributed by atoms with Crippen LogP contribution in [-0.4, -0.2) is 116 Å². The topological polar surface area (TPSA) is 107 Å². The molecular formula is C28H66N2O9Si4. The van der Waals surface area contributed by atoms with Crippen LogP contribution in [0.25, 0.3) is 0 Å². The summed E-state index contributed by atoms with van der Waals surface area (Å²) in [5, 5.41) is 7.53. The molecule has 0 aliphatic rings. The molecule has 0 bridgehead atoms. The zero-order valence-corrected chi connectivity index (χ0v) is 33.0. The first-order valence-electron chi connectivity index (χ1n) is 16.5. The van der Waals surface area contributed by atoms with Gasteiger partial charge in [-0.2, -0.15) is 0 Å². The first kappa shape index (κ1) is 43.4. The molecule has 0 spiro atoms. The molecule has 258 valence electrons. The van der Waals surface area contributed by atoms with Crippen LogP contribution in [0, 0.1) is 0 Å². The van der Waals surface area contributed by atoms with Crippen molar-refractivity contribution >= 4 is 35.9 Å². The Balaban J connectivity index is 4.95. The van der Waals surface area contributed by atoms with E-state index in [1.807, 2.05) is 41.5 Å². The molecule has 0 aromatic carbocycles. The molecule has 0 aliphatic carbocycles. The third-order valence-corrected chi connectivity index (χ3v) is 17.5. The second-order valence-electron chi connectivity index (χ2n) is 9.93. The van der Waals surface area contributed by atoms with E-state index in [-0.39, 0.29) is 5.79 Å². The van der Waals surface area contributed by atoms with E-state index < -0.39 is 26.4 Å². The summed E-state index contributed by atoms with van der Waals surface area (Å²) in [6, 6.07) is 3.66. The van der Waals surface area contributed by atoms with Gasteiger partial charge in [-0.05, 0) is 73.9 Å². The van der Waals surface area contributed by atoms with Crippen molar-refractivity contribution in [3.63, 3.8) is 0 Å². The Labute approximate surface area is 270 Å². The van der Waals surface area contributed by atoms with Crippen LogP contribution in [0.5, 0.6) is 0 Å². The molecule has 15 heteroatoms. The van der Waals surface area contributed by atoms with Crippen LogP contribution < -0.4 is 10.6 Å². The molecule has 0 fully saturated rings. The molecule has 0 aromatic heterocycles. The van der Waals surface area contributed by atoms with Crippen LogP contribution in [0.2, 0.25) is 24.2 Å². The van der Waals surface area contributed by atoms with E-state index >= 15 is 0 Å². The SMILES string of the molecule is CCO[Si](CCCNC(NCCC[Si](OCC)(OCC)OCC)[Si]CCCCCC[Si](OC)(OC)OC)(OCC)OCC. The molecule has 0 unspecified atom stereocenters. The summed E-state index contributed by atoms with van der Waals surface area (Å²) in [4.78, 5) is 0. The van der Waals surface area contributed by atoms with Gasteiger partial charge in [-0.15, -0.1) is 0 Å². The van der Waals surface area contributed by atoms with Crippen LogP contribution in [0.15, 0.2) is 0 Å². The summed E-state index contributed by atoms with van der Waals surface area (Å²) in [6.07, 6.45) is 6.48. The summed E-state index contributed by atoms with van der Waals surface area (Å²) in [6.45, 7) is 17.4. The maximum Gasteiger partial charge on any atom is 0.500 e. The van der Waals surface area contributed by atoms with Crippen LogP contribution >= 0.6 is 0 Å². The molecule has 0 amide bonds. The predicted octanol–water partition coefficient (Wildman–Crippen LogP) is 4.89. The van der Waals surface area contributed by atoms with Gasteiger partial charge in [-0.25, -0.2) is 0 Å². The van der Waals surface area contributed by atoms with Gasteiger partial charge in [0.1, 0.15) is 0 Å². The summed E-state index contributed by atoms with van der Waals surface area (Å²) >= 11 is 0. The minimum Gasteiger partial charge on any atom is -0.377 e. The van der Waals surface area contributed by atoms with E-state index in [1.54, 1.807) is 21.3 Å². The normalized spacial score (nSPS) is 13.0. The lowest BCUT2D eigenvalue weighted by molar-refractivity contribution is 0.0701. The molecule has 0 aliphatic heterocycles. The van der Waals surface area contributed by atoms with Crippen molar-refractivity contribution in [3.05, 3.63) is 0 Å². The summed E-state index contributed by atoms with van der Waals surface area (Å²) in [5.74, 6) is 0.250. The van der Waals surface area contributed by atoms with Gasteiger partial charge in [0.2, 0.25) is 0 Å². The number of hydrogen-bond acceptors (Lipinski definition) is 11. The number of hydrogen-bond donors (Lipinski definition) is 2. The maximum atomic E-state index is 6.04. The molecule has 0 saturated heterocycles. The van der Waals surface area contributed by atoms with Gasteiger partial charge in [-0.1, -0.05) is 25.3 Å². The lowest BCUT2D eigenvalue weighted by Gasteiger charge is -2.29. The van der Waals surface area contributed by atoms with Crippen molar-refractivity contribution in [3.8, 4) is 0 Å². The van der Waals surface area contributed by atoms with E-state index in [9.17, 15) is 0 Å². The smallest absolute Gasteiger partial charge is 0.377 e. The van der Waals surface area contributed by atoms with Crippen LogP contribution in [0.3, 0.4) is 0 Å². The maximum absolute atomic E-state index is 6.04.